The molecule has 2 heteroatoms. The van der Waals surface area contributed by atoms with Crippen LogP contribution >= 0.6 is 0 Å². The molecular weight excluding hydrogens is 258 g/mol. The molecule has 2 nitrogen and oxygen atoms in total. The van der Waals surface area contributed by atoms with Crippen molar-refractivity contribution in [2.24, 2.45) is 11.8 Å². The van der Waals surface area contributed by atoms with E-state index in [0.29, 0.717) is 6.04 Å². The van der Waals surface area contributed by atoms with Crippen molar-refractivity contribution in [2.75, 3.05) is 6.54 Å². The van der Waals surface area contributed by atoms with Crippen molar-refractivity contribution >= 4 is 0 Å². The maximum absolute atomic E-state index is 5.34. The van der Waals surface area contributed by atoms with Gasteiger partial charge in [0.25, 0.3) is 0 Å². The highest BCUT2D eigenvalue weighted by Crippen LogP contribution is 2.64. The van der Waals surface area contributed by atoms with Crippen molar-refractivity contribution in [1.29, 1.82) is 0 Å². The number of rotatable bonds is 5. The molecule has 2 aliphatic rings. The Morgan fingerprint density at radius 2 is 2.19 bits per heavy atom. The molecule has 4 unspecified atom stereocenters. The van der Waals surface area contributed by atoms with E-state index >= 15 is 0 Å². The maximum Gasteiger partial charge on any atom is 0.0950 e. The Hall–Kier alpha value is -1.54. The number of aryl methyl sites for hydroxylation is 1. The van der Waals surface area contributed by atoms with Gasteiger partial charge in [0.2, 0.25) is 0 Å². The molecule has 0 amide bonds. The Labute approximate surface area is 126 Å². The van der Waals surface area contributed by atoms with E-state index < -0.39 is 0 Å². The van der Waals surface area contributed by atoms with Crippen molar-refractivity contribution in [3.63, 3.8) is 0 Å². The van der Waals surface area contributed by atoms with Crippen molar-refractivity contribution in [3.8, 4) is 0 Å². The van der Waals surface area contributed by atoms with Crippen LogP contribution in [0.1, 0.15) is 48.4 Å². The summed E-state index contributed by atoms with van der Waals surface area (Å²) in [6, 6.07) is 11.6. The van der Waals surface area contributed by atoms with Crippen LogP contribution in [0.15, 0.2) is 47.3 Å². The summed E-state index contributed by atoms with van der Waals surface area (Å²) in [5, 5.41) is 3.76. The van der Waals surface area contributed by atoms with Crippen molar-refractivity contribution < 1.29 is 4.42 Å². The van der Waals surface area contributed by atoms with Crippen LogP contribution in [-0.4, -0.2) is 6.54 Å². The predicted octanol–water partition coefficient (Wildman–Crippen LogP) is 4.30. The molecule has 4 atom stereocenters. The van der Waals surface area contributed by atoms with Gasteiger partial charge in [-0.15, -0.1) is 0 Å². The van der Waals surface area contributed by atoms with E-state index in [2.05, 4.69) is 42.6 Å². The normalized spacial score (nSPS) is 27.8. The van der Waals surface area contributed by atoms with E-state index in [-0.39, 0.29) is 0 Å². The monoisotopic (exact) mass is 281 g/mol. The largest absolute Gasteiger partial charge is 0.472 e. The fraction of sp³-hybridized carbons (Fsp3) is 0.474. The maximum atomic E-state index is 5.34. The fourth-order valence-electron chi connectivity index (χ4n) is 4.30. The molecule has 2 aliphatic carbocycles. The van der Waals surface area contributed by atoms with E-state index in [1.165, 1.54) is 24.8 Å². The molecule has 1 aromatic carbocycles. The first-order valence-electron chi connectivity index (χ1n) is 8.23. The summed E-state index contributed by atoms with van der Waals surface area (Å²) < 4.78 is 5.34. The molecule has 0 radical (unpaired) electrons. The Morgan fingerprint density at radius 3 is 3.00 bits per heavy atom. The summed E-state index contributed by atoms with van der Waals surface area (Å²) in [6.07, 6.45) is 7.49. The Bertz CT molecular complexity index is 604. The minimum Gasteiger partial charge on any atom is -0.472 e. The van der Waals surface area contributed by atoms with Crippen LogP contribution in [0.5, 0.6) is 0 Å². The first-order chi connectivity index (χ1) is 10.4. The molecule has 0 saturated heterocycles. The second kappa shape index (κ2) is 5.34. The number of hydrogen-bond acceptors (Lipinski definition) is 2. The first-order valence-corrected chi connectivity index (χ1v) is 8.23. The zero-order valence-corrected chi connectivity index (χ0v) is 12.6. The van der Waals surface area contributed by atoms with Gasteiger partial charge in [0.05, 0.1) is 12.5 Å². The number of furan rings is 1. The molecule has 1 saturated carbocycles. The SMILES string of the molecule is CCCNC(c1ccoc1)C1C2CCc3ccccc3C21. The third-order valence-electron chi connectivity index (χ3n) is 5.29. The summed E-state index contributed by atoms with van der Waals surface area (Å²) >= 11 is 0. The second-order valence-electron chi connectivity index (χ2n) is 6.49. The lowest BCUT2D eigenvalue weighted by Crippen LogP contribution is -2.24. The van der Waals surface area contributed by atoms with Crippen LogP contribution < -0.4 is 5.32 Å². The van der Waals surface area contributed by atoms with Gasteiger partial charge in [-0.3, -0.25) is 0 Å². The van der Waals surface area contributed by atoms with Gasteiger partial charge in [0, 0.05) is 11.6 Å². The van der Waals surface area contributed by atoms with Crippen molar-refractivity contribution in [3.05, 3.63) is 59.5 Å². The summed E-state index contributed by atoms with van der Waals surface area (Å²) in [4.78, 5) is 0. The molecule has 0 spiro atoms. The van der Waals surface area contributed by atoms with Gasteiger partial charge in [-0.05, 0) is 60.8 Å². The predicted molar refractivity (Wildman–Crippen MR) is 84.2 cm³/mol. The summed E-state index contributed by atoms with van der Waals surface area (Å²) in [6.45, 7) is 3.31. The van der Waals surface area contributed by atoms with E-state index in [0.717, 1.165) is 24.3 Å². The Balaban J connectivity index is 1.61. The number of nitrogens with one attached hydrogen (secondary N) is 1. The molecule has 110 valence electrons. The topological polar surface area (TPSA) is 25.2 Å². The van der Waals surface area contributed by atoms with Crippen molar-refractivity contribution in [2.45, 2.75) is 38.1 Å². The summed E-state index contributed by atoms with van der Waals surface area (Å²) in [5.74, 6) is 2.33. The van der Waals surface area contributed by atoms with Crippen LogP contribution in [0.4, 0.5) is 0 Å². The van der Waals surface area contributed by atoms with Gasteiger partial charge in [0.15, 0.2) is 0 Å². The zero-order valence-electron chi connectivity index (χ0n) is 12.6. The molecule has 0 bridgehead atoms. The molecule has 21 heavy (non-hydrogen) atoms. The molecule has 4 rings (SSSR count). The first kappa shape index (κ1) is 13.1. The third kappa shape index (κ3) is 2.22. The van der Waals surface area contributed by atoms with Gasteiger partial charge in [-0.1, -0.05) is 31.2 Å². The molecule has 2 aromatic rings. The minimum absolute atomic E-state index is 0.449. The van der Waals surface area contributed by atoms with Crippen LogP contribution in [0.3, 0.4) is 0 Å². The van der Waals surface area contributed by atoms with Gasteiger partial charge in [0.1, 0.15) is 0 Å². The van der Waals surface area contributed by atoms with Crippen LogP contribution in [0.2, 0.25) is 0 Å². The fourth-order valence-corrected chi connectivity index (χ4v) is 4.30. The molecular formula is C19H23NO. The molecule has 1 heterocycles. The highest BCUT2D eigenvalue weighted by Gasteiger charge is 2.56. The molecule has 1 fully saturated rings. The van der Waals surface area contributed by atoms with Gasteiger partial charge < -0.3 is 9.73 Å². The van der Waals surface area contributed by atoms with Gasteiger partial charge in [-0.25, -0.2) is 0 Å². The lowest BCUT2D eigenvalue weighted by atomic mass is 9.92. The average Bonchev–Trinajstić information content (AvgIpc) is 3.00. The lowest BCUT2D eigenvalue weighted by Gasteiger charge is -2.17. The van der Waals surface area contributed by atoms with E-state index in [1.807, 2.05) is 6.26 Å². The summed E-state index contributed by atoms with van der Waals surface area (Å²) in [7, 11) is 0. The molecule has 0 aliphatic heterocycles. The van der Waals surface area contributed by atoms with E-state index in [9.17, 15) is 0 Å². The lowest BCUT2D eigenvalue weighted by molar-refractivity contribution is 0.443. The third-order valence-corrected chi connectivity index (χ3v) is 5.29. The summed E-state index contributed by atoms with van der Waals surface area (Å²) in [5.41, 5.74) is 4.49. The molecule has 1 N–H and O–H groups in total. The van der Waals surface area contributed by atoms with E-state index in [4.69, 9.17) is 4.42 Å². The molecule has 1 aromatic heterocycles. The number of benzene rings is 1. The zero-order chi connectivity index (χ0) is 14.2. The van der Waals surface area contributed by atoms with Crippen LogP contribution in [0.25, 0.3) is 0 Å². The highest BCUT2D eigenvalue weighted by molar-refractivity contribution is 5.41. The quantitative estimate of drug-likeness (QED) is 0.884. The standard InChI is InChI=1S/C19H23NO/c1-2-10-20-19(14-9-11-21-12-14)18-16-8-7-13-5-3-4-6-15(13)17(16)18/h3-6,9,11-12,16-20H,2,7-8,10H2,1H3. The van der Waals surface area contributed by atoms with Gasteiger partial charge >= 0.3 is 0 Å². The van der Waals surface area contributed by atoms with Gasteiger partial charge in [-0.2, -0.15) is 0 Å². The number of fused-ring (bicyclic) bond motifs is 3. The Kier molecular flexibility index (Phi) is 3.34. The van der Waals surface area contributed by atoms with Crippen LogP contribution in [0, 0.1) is 11.8 Å². The average molecular weight is 281 g/mol. The highest BCUT2D eigenvalue weighted by atomic mass is 16.3. The minimum atomic E-state index is 0.449. The van der Waals surface area contributed by atoms with Crippen molar-refractivity contribution in [1.82, 2.24) is 5.32 Å². The van der Waals surface area contributed by atoms with Crippen LogP contribution in [-0.2, 0) is 6.42 Å². The smallest absolute Gasteiger partial charge is 0.0950 e. The number of hydrogen-bond donors (Lipinski definition) is 1. The Morgan fingerprint density at radius 1 is 1.29 bits per heavy atom. The second-order valence-corrected chi connectivity index (χ2v) is 6.49. The van der Waals surface area contributed by atoms with E-state index in [1.54, 1.807) is 17.4 Å².